The second-order valence-corrected chi connectivity index (χ2v) is 12.1. The molecule has 3 aromatic rings. The van der Waals surface area contributed by atoms with E-state index in [0.29, 0.717) is 27.9 Å². The van der Waals surface area contributed by atoms with Gasteiger partial charge in [0.15, 0.2) is 11.5 Å². The maximum Gasteiger partial charge on any atom is 0.264 e. The van der Waals surface area contributed by atoms with Crippen LogP contribution in [0.25, 0.3) is 0 Å². The van der Waals surface area contributed by atoms with Crippen molar-refractivity contribution >= 4 is 50.7 Å². The van der Waals surface area contributed by atoms with Crippen LogP contribution in [0.1, 0.15) is 32.3 Å². The summed E-state index contributed by atoms with van der Waals surface area (Å²) in [5.41, 5.74) is 0.821. The van der Waals surface area contributed by atoms with Crippen molar-refractivity contribution in [2.45, 2.75) is 44.2 Å². The van der Waals surface area contributed by atoms with E-state index in [9.17, 15) is 18.0 Å². The number of methoxy groups -OCH3 is 2. The number of ether oxygens (including phenoxy) is 2. The number of rotatable bonds is 14. The summed E-state index contributed by atoms with van der Waals surface area (Å²) in [6.07, 6.45) is 1.67. The Morgan fingerprint density at radius 1 is 0.952 bits per heavy atom. The van der Waals surface area contributed by atoms with E-state index in [-0.39, 0.29) is 28.8 Å². The number of nitrogens with zero attached hydrogens (tertiary/aromatic N) is 2. The molecule has 0 spiro atoms. The summed E-state index contributed by atoms with van der Waals surface area (Å²) in [7, 11) is -1.48. The maximum absolute atomic E-state index is 14.1. The number of hydrogen-bond acceptors (Lipinski definition) is 6. The van der Waals surface area contributed by atoms with Crippen LogP contribution >= 0.6 is 23.2 Å². The van der Waals surface area contributed by atoms with Gasteiger partial charge in [-0.15, -0.1) is 0 Å². The van der Waals surface area contributed by atoms with E-state index < -0.39 is 28.5 Å². The zero-order valence-corrected chi connectivity index (χ0v) is 26.3. The fourth-order valence-corrected chi connectivity index (χ4v) is 5.92. The first kappa shape index (κ1) is 33.0. The van der Waals surface area contributed by atoms with E-state index in [1.54, 1.807) is 31.2 Å². The molecular formula is C30H35Cl2N3O6S. The first-order valence-electron chi connectivity index (χ1n) is 13.3. The fourth-order valence-electron chi connectivity index (χ4n) is 4.17. The molecule has 0 radical (unpaired) electrons. The molecule has 9 nitrogen and oxygen atoms in total. The molecule has 3 aromatic carbocycles. The molecule has 2 amide bonds. The quantitative estimate of drug-likeness (QED) is 0.233. The number of hydrogen-bond donors (Lipinski definition) is 1. The first-order valence-corrected chi connectivity index (χ1v) is 15.5. The molecular weight excluding hydrogens is 601 g/mol. The summed E-state index contributed by atoms with van der Waals surface area (Å²) in [5.74, 6) is -0.408. The highest BCUT2D eigenvalue weighted by Gasteiger charge is 2.33. The van der Waals surface area contributed by atoms with Gasteiger partial charge in [0.05, 0.1) is 24.8 Å². The molecule has 0 saturated carbocycles. The number of benzene rings is 3. The minimum absolute atomic E-state index is 0.00820. The molecule has 0 fully saturated rings. The van der Waals surface area contributed by atoms with Crippen molar-refractivity contribution in [3.05, 3.63) is 82.3 Å². The highest BCUT2D eigenvalue weighted by molar-refractivity contribution is 7.92. The van der Waals surface area contributed by atoms with Gasteiger partial charge in [0, 0.05) is 29.2 Å². The molecule has 1 atom stereocenters. The molecule has 42 heavy (non-hydrogen) atoms. The van der Waals surface area contributed by atoms with Gasteiger partial charge >= 0.3 is 0 Å². The van der Waals surface area contributed by atoms with E-state index in [1.165, 1.54) is 61.6 Å². The van der Waals surface area contributed by atoms with E-state index >= 15 is 0 Å². The predicted octanol–water partition coefficient (Wildman–Crippen LogP) is 5.54. The summed E-state index contributed by atoms with van der Waals surface area (Å²) in [5, 5.41) is 3.66. The summed E-state index contributed by atoms with van der Waals surface area (Å²) >= 11 is 12.5. The number of amides is 2. The molecule has 1 unspecified atom stereocenters. The van der Waals surface area contributed by atoms with Gasteiger partial charge in [0.25, 0.3) is 10.0 Å². The van der Waals surface area contributed by atoms with Crippen molar-refractivity contribution in [1.29, 1.82) is 0 Å². The van der Waals surface area contributed by atoms with Crippen molar-refractivity contribution in [2.24, 2.45) is 0 Å². The van der Waals surface area contributed by atoms with Crippen LogP contribution in [0, 0.1) is 0 Å². The molecule has 0 aliphatic rings. The molecule has 0 saturated heterocycles. The molecule has 0 aliphatic carbocycles. The monoisotopic (exact) mass is 635 g/mol. The van der Waals surface area contributed by atoms with Crippen LogP contribution in [0.4, 0.5) is 5.69 Å². The Bertz CT molecular complexity index is 1480. The van der Waals surface area contributed by atoms with Crippen molar-refractivity contribution in [1.82, 2.24) is 10.2 Å². The van der Waals surface area contributed by atoms with Crippen LogP contribution in [-0.2, 0) is 26.2 Å². The average molecular weight is 637 g/mol. The smallest absolute Gasteiger partial charge is 0.264 e. The topological polar surface area (TPSA) is 105 Å². The number of sulfonamides is 1. The van der Waals surface area contributed by atoms with Crippen LogP contribution in [0.3, 0.4) is 0 Å². The average Bonchev–Trinajstić information content (AvgIpc) is 2.99. The number of unbranched alkanes of at least 4 members (excludes halogenated alkanes) is 1. The lowest BCUT2D eigenvalue weighted by atomic mass is 10.1. The Kier molecular flexibility index (Phi) is 11.9. The molecule has 1 N–H and O–H groups in total. The number of nitrogens with one attached hydrogen (secondary N) is 1. The van der Waals surface area contributed by atoms with Crippen LogP contribution in [0.5, 0.6) is 11.5 Å². The molecule has 226 valence electrons. The molecule has 12 heteroatoms. The van der Waals surface area contributed by atoms with Crippen LogP contribution in [0.2, 0.25) is 10.0 Å². The summed E-state index contributed by atoms with van der Waals surface area (Å²) in [6, 6.07) is 16.3. The maximum atomic E-state index is 14.1. The Labute approximate surface area is 257 Å². The van der Waals surface area contributed by atoms with Crippen molar-refractivity contribution in [3.63, 3.8) is 0 Å². The largest absolute Gasteiger partial charge is 0.493 e. The van der Waals surface area contributed by atoms with Gasteiger partial charge in [-0.3, -0.25) is 13.9 Å². The highest BCUT2D eigenvalue weighted by atomic mass is 35.5. The third-order valence-corrected chi connectivity index (χ3v) is 9.02. The second-order valence-electron chi connectivity index (χ2n) is 9.44. The Balaban J connectivity index is 2.05. The van der Waals surface area contributed by atoms with Gasteiger partial charge in [-0.2, -0.15) is 0 Å². The lowest BCUT2D eigenvalue weighted by molar-refractivity contribution is -0.139. The number of halogens is 2. The van der Waals surface area contributed by atoms with Crippen molar-refractivity contribution in [2.75, 3.05) is 31.6 Å². The first-order chi connectivity index (χ1) is 20.0. The van der Waals surface area contributed by atoms with Crippen molar-refractivity contribution < 1.29 is 27.5 Å². The van der Waals surface area contributed by atoms with E-state index in [1.807, 2.05) is 6.92 Å². The summed E-state index contributed by atoms with van der Waals surface area (Å²) < 4.78 is 39.7. The Hall–Kier alpha value is -3.47. The molecule has 0 bridgehead atoms. The van der Waals surface area contributed by atoms with Gasteiger partial charge in [-0.25, -0.2) is 8.42 Å². The standard InChI is InChI=1S/C30H35Cl2N3O6S/c1-5-6-17-33-30(37)21(2)34(19-22-9-7-8-10-26(22)32)29(36)20-35(24-13-11-23(31)12-14-24)42(38,39)25-15-16-27(40-3)28(18-25)41-4/h7-16,18,21H,5-6,17,19-20H2,1-4H3,(H,33,37). The van der Waals surface area contributed by atoms with Crippen LogP contribution in [0.15, 0.2) is 71.6 Å². The van der Waals surface area contributed by atoms with E-state index in [4.69, 9.17) is 32.7 Å². The normalized spacial score (nSPS) is 11.9. The minimum Gasteiger partial charge on any atom is -0.493 e. The van der Waals surface area contributed by atoms with Gasteiger partial charge < -0.3 is 19.7 Å². The lowest BCUT2D eigenvalue weighted by Gasteiger charge is -2.32. The van der Waals surface area contributed by atoms with E-state index in [2.05, 4.69) is 5.32 Å². The van der Waals surface area contributed by atoms with Crippen LogP contribution in [-0.4, -0.2) is 58.5 Å². The number of anilines is 1. The molecule has 0 aliphatic heterocycles. The SMILES string of the molecule is CCCCNC(=O)C(C)N(Cc1ccccc1Cl)C(=O)CN(c1ccc(Cl)cc1)S(=O)(=O)c1ccc(OC)c(OC)c1. The number of carbonyl (C=O) groups excluding carboxylic acids is 2. The zero-order valence-electron chi connectivity index (χ0n) is 24.0. The Morgan fingerprint density at radius 2 is 1.62 bits per heavy atom. The van der Waals surface area contributed by atoms with E-state index in [0.717, 1.165) is 17.1 Å². The molecule has 0 heterocycles. The second kappa shape index (κ2) is 15.1. The van der Waals surface area contributed by atoms with Crippen molar-refractivity contribution in [3.8, 4) is 11.5 Å². The van der Waals surface area contributed by atoms with Gasteiger partial charge in [0.2, 0.25) is 11.8 Å². The summed E-state index contributed by atoms with van der Waals surface area (Å²) in [6.45, 7) is 3.46. The highest BCUT2D eigenvalue weighted by Crippen LogP contribution is 2.33. The summed E-state index contributed by atoms with van der Waals surface area (Å²) in [4.78, 5) is 28.3. The minimum atomic E-state index is -4.32. The van der Waals surface area contributed by atoms with Gasteiger partial charge in [-0.1, -0.05) is 54.7 Å². The van der Waals surface area contributed by atoms with Crippen LogP contribution < -0.4 is 19.1 Å². The Morgan fingerprint density at radius 3 is 2.24 bits per heavy atom. The zero-order chi connectivity index (χ0) is 30.9. The van der Waals surface area contributed by atoms with Gasteiger partial charge in [0.1, 0.15) is 12.6 Å². The molecule has 0 aromatic heterocycles. The predicted molar refractivity (Wildman–Crippen MR) is 165 cm³/mol. The van der Waals surface area contributed by atoms with Gasteiger partial charge in [-0.05, 0) is 61.4 Å². The fraction of sp³-hybridized carbons (Fsp3) is 0.333. The number of carbonyl (C=O) groups is 2. The molecule has 3 rings (SSSR count). The third kappa shape index (κ3) is 8.08. The lowest BCUT2D eigenvalue weighted by Crippen LogP contribution is -2.51. The third-order valence-electron chi connectivity index (χ3n) is 6.63.